The number of rotatable bonds is 6. The number of nitrogens with zero attached hydrogens (tertiary/aromatic N) is 2. The Labute approximate surface area is 153 Å². The molecular weight excluding hydrogens is 359 g/mol. The second kappa shape index (κ2) is 7.93. The van der Waals surface area contributed by atoms with Crippen LogP contribution < -0.4 is 0 Å². The summed E-state index contributed by atoms with van der Waals surface area (Å²) in [6.45, 7) is 2.43. The Hall–Kier alpha value is -1.98. The van der Waals surface area contributed by atoms with Crippen LogP contribution in [0.5, 0.6) is 0 Å². The van der Waals surface area contributed by atoms with Gasteiger partial charge in [-0.1, -0.05) is 54.1 Å². The maximum atomic E-state index is 13.2. The third kappa shape index (κ3) is 4.55. The summed E-state index contributed by atoms with van der Waals surface area (Å²) in [7, 11) is -1.19. The van der Waals surface area contributed by atoms with Crippen LogP contribution in [-0.4, -0.2) is 14.0 Å². The van der Waals surface area contributed by atoms with Crippen LogP contribution in [0.3, 0.4) is 0 Å². The highest BCUT2D eigenvalue weighted by Gasteiger charge is 2.16. The van der Waals surface area contributed by atoms with E-state index < -0.39 is 10.8 Å². The predicted molar refractivity (Wildman–Crippen MR) is 99.5 cm³/mol. The van der Waals surface area contributed by atoms with Crippen molar-refractivity contribution >= 4 is 22.4 Å². The van der Waals surface area contributed by atoms with E-state index in [4.69, 9.17) is 11.6 Å². The zero-order valence-electron chi connectivity index (χ0n) is 13.8. The van der Waals surface area contributed by atoms with E-state index in [9.17, 15) is 8.60 Å². The van der Waals surface area contributed by atoms with E-state index in [-0.39, 0.29) is 11.6 Å². The molecule has 0 fully saturated rings. The Morgan fingerprint density at radius 1 is 1.08 bits per heavy atom. The number of halogens is 2. The average molecular weight is 377 g/mol. The molecule has 0 aliphatic heterocycles. The predicted octanol–water partition coefficient (Wildman–Crippen LogP) is 4.48. The summed E-state index contributed by atoms with van der Waals surface area (Å²) >= 11 is 6.46. The largest absolute Gasteiger partial charge is 0.259 e. The number of benzene rings is 2. The lowest BCUT2D eigenvalue weighted by Crippen LogP contribution is -2.03. The number of hydrogen-bond acceptors (Lipinski definition) is 2. The summed E-state index contributed by atoms with van der Waals surface area (Å²) in [4.78, 5) is 0. The summed E-state index contributed by atoms with van der Waals surface area (Å²) in [5.74, 6) is 0.271. The Balaban J connectivity index is 1.73. The lowest BCUT2D eigenvalue weighted by Gasteiger charge is -2.05. The molecular formula is C19H18ClFN2OS. The van der Waals surface area contributed by atoms with E-state index in [1.165, 1.54) is 12.1 Å². The molecule has 0 unspecified atom stereocenters. The molecule has 1 heterocycles. The number of aromatic nitrogens is 2. The first-order chi connectivity index (χ1) is 12.0. The fraction of sp³-hybridized carbons (Fsp3) is 0.211. The van der Waals surface area contributed by atoms with Gasteiger partial charge in [-0.25, -0.2) is 9.07 Å². The van der Waals surface area contributed by atoms with Gasteiger partial charge < -0.3 is 0 Å². The van der Waals surface area contributed by atoms with Gasteiger partial charge in [0.25, 0.3) is 0 Å². The second-order valence-electron chi connectivity index (χ2n) is 5.86. The molecule has 3 aromatic rings. The van der Waals surface area contributed by atoms with E-state index in [1.54, 1.807) is 16.8 Å². The summed E-state index contributed by atoms with van der Waals surface area (Å²) in [6, 6.07) is 16.1. The van der Waals surface area contributed by atoms with Gasteiger partial charge in [-0.15, -0.1) is 0 Å². The topological polar surface area (TPSA) is 34.9 Å². The van der Waals surface area contributed by atoms with Crippen LogP contribution in [0.1, 0.15) is 22.4 Å². The van der Waals surface area contributed by atoms with Crippen molar-refractivity contribution in [3.05, 3.63) is 88.0 Å². The van der Waals surface area contributed by atoms with Crippen molar-refractivity contribution in [3.8, 4) is 0 Å². The third-order valence-corrected chi connectivity index (χ3v) is 5.57. The van der Waals surface area contributed by atoms with Gasteiger partial charge in [0, 0.05) is 22.1 Å². The van der Waals surface area contributed by atoms with Gasteiger partial charge >= 0.3 is 0 Å². The molecule has 3 rings (SSSR count). The zero-order chi connectivity index (χ0) is 17.8. The highest BCUT2D eigenvalue weighted by Crippen LogP contribution is 2.23. The zero-order valence-corrected chi connectivity index (χ0v) is 15.4. The van der Waals surface area contributed by atoms with E-state index in [0.29, 0.717) is 23.0 Å². The Bertz CT molecular complexity index is 896. The molecule has 1 atom stereocenters. The molecule has 6 heteroatoms. The summed E-state index contributed by atoms with van der Waals surface area (Å²) in [5.41, 5.74) is 3.36. The van der Waals surface area contributed by atoms with Crippen LogP contribution in [0.15, 0.2) is 54.6 Å². The van der Waals surface area contributed by atoms with Gasteiger partial charge in [0.1, 0.15) is 11.0 Å². The quantitative estimate of drug-likeness (QED) is 0.635. The number of aryl methyl sites for hydroxylation is 1. The molecule has 0 saturated carbocycles. The van der Waals surface area contributed by atoms with Crippen LogP contribution in [0.2, 0.25) is 5.15 Å². The van der Waals surface area contributed by atoms with E-state index in [1.807, 2.05) is 37.3 Å². The second-order valence-corrected chi connectivity index (χ2v) is 7.67. The maximum Gasteiger partial charge on any atom is 0.131 e. The Morgan fingerprint density at radius 3 is 2.52 bits per heavy atom. The van der Waals surface area contributed by atoms with Gasteiger partial charge in [-0.3, -0.25) is 4.21 Å². The highest BCUT2D eigenvalue weighted by atomic mass is 35.5. The molecule has 3 nitrogen and oxygen atoms in total. The van der Waals surface area contributed by atoms with Crippen LogP contribution in [0.4, 0.5) is 4.39 Å². The molecule has 0 spiro atoms. The van der Waals surface area contributed by atoms with Crippen molar-refractivity contribution in [1.29, 1.82) is 0 Å². The molecule has 0 amide bonds. The van der Waals surface area contributed by atoms with Crippen LogP contribution in [0.25, 0.3) is 0 Å². The lowest BCUT2D eigenvalue weighted by molar-refractivity contribution is 0.626. The molecule has 130 valence electrons. The molecule has 25 heavy (non-hydrogen) atoms. The van der Waals surface area contributed by atoms with E-state index in [0.717, 1.165) is 16.8 Å². The van der Waals surface area contributed by atoms with Crippen molar-refractivity contribution in [2.75, 3.05) is 0 Å². The van der Waals surface area contributed by atoms with Crippen LogP contribution in [0, 0.1) is 12.7 Å². The lowest BCUT2D eigenvalue weighted by atomic mass is 10.2. The van der Waals surface area contributed by atoms with Crippen LogP contribution in [-0.2, 0) is 28.9 Å². The van der Waals surface area contributed by atoms with Gasteiger partial charge in [-0.2, -0.15) is 5.10 Å². The van der Waals surface area contributed by atoms with Crippen molar-refractivity contribution in [2.45, 2.75) is 25.0 Å². The highest BCUT2D eigenvalue weighted by molar-refractivity contribution is 7.83. The smallest absolute Gasteiger partial charge is 0.131 e. The maximum absolute atomic E-state index is 13.2. The van der Waals surface area contributed by atoms with Gasteiger partial charge in [0.05, 0.1) is 18.0 Å². The molecule has 2 aromatic carbocycles. The molecule has 0 bridgehead atoms. The first-order valence-corrected chi connectivity index (χ1v) is 9.74. The summed E-state index contributed by atoms with van der Waals surface area (Å²) in [5, 5.41) is 4.98. The summed E-state index contributed by atoms with van der Waals surface area (Å²) < 4.78 is 27.4. The molecule has 0 saturated heterocycles. The Kier molecular flexibility index (Phi) is 5.66. The molecule has 0 N–H and O–H groups in total. The Morgan fingerprint density at radius 2 is 1.80 bits per heavy atom. The molecule has 0 aliphatic carbocycles. The van der Waals surface area contributed by atoms with Crippen molar-refractivity contribution in [3.63, 3.8) is 0 Å². The van der Waals surface area contributed by atoms with Crippen molar-refractivity contribution < 1.29 is 8.60 Å². The minimum absolute atomic E-state index is 0.289. The van der Waals surface area contributed by atoms with Gasteiger partial charge in [0.2, 0.25) is 0 Å². The number of hydrogen-bond donors (Lipinski definition) is 0. The first kappa shape index (κ1) is 17.8. The average Bonchev–Trinajstić information content (AvgIpc) is 2.83. The fourth-order valence-electron chi connectivity index (χ4n) is 2.64. The fourth-order valence-corrected chi connectivity index (χ4v) is 4.34. The van der Waals surface area contributed by atoms with Crippen LogP contribution >= 0.6 is 11.6 Å². The van der Waals surface area contributed by atoms with Crippen molar-refractivity contribution in [2.24, 2.45) is 0 Å². The van der Waals surface area contributed by atoms with Gasteiger partial charge in [0.15, 0.2) is 0 Å². The summed E-state index contributed by atoms with van der Waals surface area (Å²) in [6.07, 6.45) is 0. The van der Waals surface area contributed by atoms with Crippen molar-refractivity contribution in [1.82, 2.24) is 9.78 Å². The third-order valence-electron chi connectivity index (χ3n) is 3.88. The SMILES string of the molecule is Cc1nn(Cc2ccccc2)c(Cl)c1C[S@](=O)Cc1cccc(F)c1. The molecule has 0 aliphatic rings. The van der Waals surface area contributed by atoms with E-state index >= 15 is 0 Å². The monoisotopic (exact) mass is 376 g/mol. The standard InChI is InChI=1S/C19H18ClFN2OS/c1-14-18(13-25(24)12-16-8-5-9-17(21)10-16)19(20)23(22-14)11-15-6-3-2-4-7-15/h2-10H,11-13H2,1H3/t25-/m1/s1. The first-order valence-electron chi connectivity index (χ1n) is 7.88. The molecule has 0 radical (unpaired) electrons. The minimum Gasteiger partial charge on any atom is -0.259 e. The molecule has 1 aromatic heterocycles. The van der Waals surface area contributed by atoms with Gasteiger partial charge in [-0.05, 0) is 30.2 Å². The minimum atomic E-state index is -1.19. The van der Waals surface area contributed by atoms with E-state index in [2.05, 4.69) is 5.10 Å². The normalized spacial score (nSPS) is 12.3.